The van der Waals surface area contributed by atoms with Crippen molar-refractivity contribution < 1.29 is 4.74 Å². The molecule has 102 valence electrons. The van der Waals surface area contributed by atoms with Crippen LogP contribution in [0.15, 0.2) is 12.4 Å². The van der Waals surface area contributed by atoms with Crippen LogP contribution in [0.1, 0.15) is 22.4 Å². The summed E-state index contributed by atoms with van der Waals surface area (Å²) in [5.41, 5.74) is 12.4. The highest BCUT2D eigenvalue weighted by Crippen LogP contribution is 2.34. The van der Waals surface area contributed by atoms with Crippen molar-refractivity contribution in [2.75, 3.05) is 13.7 Å². The van der Waals surface area contributed by atoms with E-state index in [1.165, 1.54) is 11.1 Å². The van der Waals surface area contributed by atoms with Gasteiger partial charge in [0.1, 0.15) is 5.75 Å². The van der Waals surface area contributed by atoms with Crippen molar-refractivity contribution in [3.63, 3.8) is 0 Å². The lowest BCUT2D eigenvalue weighted by atomic mass is 9.95. The molecule has 0 atom stereocenters. The third-order valence-corrected chi connectivity index (χ3v) is 3.60. The number of imidazole rings is 1. The first-order valence-corrected chi connectivity index (χ1v) is 6.47. The van der Waals surface area contributed by atoms with E-state index in [2.05, 4.69) is 36.8 Å². The normalized spacial score (nSPS) is 10.8. The van der Waals surface area contributed by atoms with Crippen molar-refractivity contribution >= 4 is 0 Å². The van der Waals surface area contributed by atoms with E-state index in [0.717, 1.165) is 34.7 Å². The Hall–Kier alpha value is -1.81. The molecule has 0 unspecified atom stereocenters. The van der Waals surface area contributed by atoms with Crippen molar-refractivity contribution in [1.82, 2.24) is 9.97 Å². The average molecular weight is 259 g/mol. The van der Waals surface area contributed by atoms with Gasteiger partial charge in [0, 0.05) is 17.7 Å². The highest BCUT2D eigenvalue weighted by Gasteiger charge is 2.15. The van der Waals surface area contributed by atoms with Crippen LogP contribution in [0.25, 0.3) is 11.3 Å². The third kappa shape index (κ3) is 2.36. The number of rotatable bonds is 4. The molecule has 2 aromatic rings. The van der Waals surface area contributed by atoms with E-state index < -0.39 is 0 Å². The Morgan fingerprint density at radius 1 is 1.26 bits per heavy atom. The molecule has 1 aromatic carbocycles. The summed E-state index contributed by atoms with van der Waals surface area (Å²) in [5, 5.41) is 0. The van der Waals surface area contributed by atoms with Crippen LogP contribution in [-0.2, 0) is 6.42 Å². The Balaban J connectivity index is 2.60. The van der Waals surface area contributed by atoms with Gasteiger partial charge in [-0.25, -0.2) is 4.98 Å². The molecule has 0 saturated heterocycles. The number of nitrogens with zero attached hydrogens (tertiary/aromatic N) is 1. The van der Waals surface area contributed by atoms with Crippen LogP contribution in [0.2, 0.25) is 0 Å². The number of ether oxygens (including phenoxy) is 1. The molecule has 0 fully saturated rings. The smallest absolute Gasteiger partial charge is 0.124 e. The number of hydrogen-bond donors (Lipinski definition) is 2. The molecule has 0 radical (unpaired) electrons. The third-order valence-electron chi connectivity index (χ3n) is 3.60. The first-order valence-electron chi connectivity index (χ1n) is 6.47. The molecule has 0 aliphatic carbocycles. The zero-order chi connectivity index (χ0) is 14.0. The predicted molar refractivity (Wildman–Crippen MR) is 77.5 cm³/mol. The Kier molecular flexibility index (Phi) is 3.90. The van der Waals surface area contributed by atoms with Crippen molar-refractivity contribution in [1.29, 1.82) is 0 Å². The maximum absolute atomic E-state index is 5.64. The van der Waals surface area contributed by atoms with Gasteiger partial charge >= 0.3 is 0 Å². The van der Waals surface area contributed by atoms with Crippen molar-refractivity contribution in [3.8, 4) is 17.0 Å². The molecule has 0 spiro atoms. The zero-order valence-corrected chi connectivity index (χ0v) is 12.0. The quantitative estimate of drug-likeness (QED) is 0.886. The van der Waals surface area contributed by atoms with Crippen LogP contribution in [0.4, 0.5) is 0 Å². The van der Waals surface area contributed by atoms with Crippen molar-refractivity contribution in [3.05, 3.63) is 34.8 Å². The minimum Gasteiger partial charge on any atom is -0.496 e. The number of aromatic nitrogens is 2. The van der Waals surface area contributed by atoms with Gasteiger partial charge in [0.15, 0.2) is 0 Å². The fourth-order valence-corrected chi connectivity index (χ4v) is 2.51. The molecule has 19 heavy (non-hydrogen) atoms. The van der Waals surface area contributed by atoms with Gasteiger partial charge in [-0.15, -0.1) is 0 Å². The maximum Gasteiger partial charge on any atom is 0.124 e. The summed E-state index contributed by atoms with van der Waals surface area (Å²) >= 11 is 0. The number of benzene rings is 1. The molecule has 4 heteroatoms. The van der Waals surface area contributed by atoms with E-state index in [-0.39, 0.29) is 0 Å². The van der Waals surface area contributed by atoms with Gasteiger partial charge in [0.25, 0.3) is 0 Å². The summed E-state index contributed by atoms with van der Waals surface area (Å²) in [6.07, 6.45) is 2.54. The second-order valence-corrected chi connectivity index (χ2v) is 4.79. The minimum atomic E-state index is 0.613. The summed E-state index contributed by atoms with van der Waals surface area (Å²) in [4.78, 5) is 7.63. The second kappa shape index (κ2) is 5.45. The van der Waals surface area contributed by atoms with Crippen LogP contribution in [0.3, 0.4) is 0 Å². The van der Waals surface area contributed by atoms with Gasteiger partial charge in [0.2, 0.25) is 0 Å². The Labute approximate surface area is 114 Å². The van der Waals surface area contributed by atoms with Crippen LogP contribution >= 0.6 is 0 Å². The molecule has 3 N–H and O–H groups in total. The lowest BCUT2D eigenvalue weighted by molar-refractivity contribution is 0.408. The molecule has 0 aliphatic heterocycles. The maximum atomic E-state index is 5.64. The highest BCUT2D eigenvalue weighted by molar-refractivity contribution is 5.70. The molecule has 0 saturated carbocycles. The molecule has 2 rings (SSSR count). The number of nitrogens with one attached hydrogen (secondary N) is 1. The summed E-state index contributed by atoms with van der Waals surface area (Å²) in [7, 11) is 1.71. The van der Waals surface area contributed by atoms with Gasteiger partial charge in [-0.2, -0.15) is 0 Å². The first-order chi connectivity index (χ1) is 9.10. The molecular formula is C15H21N3O. The average Bonchev–Trinajstić information content (AvgIpc) is 2.83. The standard InChI is InChI=1S/C15H21N3O/c1-9-7-12(10(2)11(3)15(9)19-4)14-13(5-6-16)17-8-18-14/h7-8H,5-6,16H2,1-4H3,(H,17,18). The largest absolute Gasteiger partial charge is 0.496 e. The predicted octanol–water partition coefficient (Wildman–Crippen LogP) is 2.51. The van der Waals surface area contributed by atoms with E-state index in [0.29, 0.717) is 6.54 Å². The van der Waals surface area contributed by atoms with Crippen LogP contribution in [0.5, 0.6) is 5.75 Å². The van der Waals surface area contributed by atoms with E-state index in [1.807, 2.05) is 0 Å². The Morgan fingerprint density at radius 2 is 2.00 bits per heavy atom. The topological polar surface area (TPSA) is 63.9 Å². The molecule has 1 aromatic heterocycles. The number of aromatic amines is 1. The summed E-state index contributed by atoms with van der Waals surface area (Å²) < 4.78 is 5.46. The number of hydrogen-bond acceptors (Lipinski definition) is 3. The van der Waals surface area contributed by atoms with E-state index >= 15 is 0 Å². The fourth-order valence-electron chi connectivity index (χ4n) is 2.51. The van der Waals surface area contributed by atoms with Gasteiger partial charge < -0.3 is 15.5 Å². The summed E-state index contributed by atoms with van der Waals surface area (Å²) in [5.74, 6) is 0.956. The monoisotopic (exact) mass is 259 g/mol. The minimum absolute atomic E-state index is 0.613. The van der Waals surface area contributed by atoms with Crippen LogP contribution in [0, 0.1) is 20.8 Å². The van der Waals surface area contributed by atoms with Gasteiger partial charge in [-0.3, -0.25) is 0 Å². The molecule has 0 aliphatic rings. The molecule has 1 heterocycles. The first kappa shape index (κ1) is 13.6. The fraction of sp³-hybridized carbons (Fsp3) is 0.400. The highest BCUT2D eigenvalue weighted by atomic mass is 16.5. The van der Waals surface area contributed by atoms with Crippen LogP contribution in [-0.4, -0.2) is 23.6 Å². The number of methoxy groups -OCH3 is 1. The van der Waals surface area contributed by atoms with Crippen LogP contribution < -0.4 is 10.5 Å². The molecule has 4 nitrogen and oxygen atoms in total. The Morgan fingerprint density at radius 3 is 2.63 bits per heavy atom. The number of nitrogens with two attached hydrogens (primary N) is 1. The SMILES string of the molecule is COc1c(C)cc(-c2nc[nH]c2CCN)c(C)c1C. The molecule has 0 bridgehead atoms. The van der Waals surface area contributed by atoms with E-state index in [1.54, 1.807) is 13.4 Å². The van der Waals surface area contributed by atoms with E-state index in [9.17, 15) is 0 Å². The Bertz CT molecular complexity index is 587. The number of aryl methyl sites for hydroxylation is 1. The van der Waals surface area contributed by atoms with Gasteiger partial charge in [-0.1, -0.05) is 0 Å². The van der Waals surface area contributed by atoms with Gasteiger partial charge in [0.05, 0.1) is 19.1 Å². The molecular weight excluding hydrogens is 238 g/mol. The second-order valence-electron chi connectivity index (χ2n) is 4.79. The van der Waals surface area contributed by atoms with Gasteiger partial charge in [-0.05, 0) is 50.1 Å². The summed E-state index contributed by atoms with van der Waals surface area (Å²) in [6, 6.07) is 2.14. The van der Waals surface area contributed by atoms with Crippen molar-refractivity contribution in [2.45, 2.75) is 27.2 Å². The lowest BCUT2D eigenvalue weighted by Gasteiger charge is -2.15. The molecule has 0 amide bonds. The lowest BCUT2D eigenvalue weighted by Crippen LogP contribution is -2.05. The zero-order valence-electron chi connectivity index (χ0n) is 12.0. The summed E-state index contributed by atoms with van der Waals surface area (Å²) in [6.45, 7) is 6.86. The van der Waals surface area contributed by atoms with Crippen molar-refractivity contribution in [2.24, 2.45) is 5.73 Å². The van der Waals surface area contributed by atoms with E-state index in [4.69, 9.17) is 10.5 Å². The number of H-pyrrole nitrogens is 1.